The van der Waals surface area contributed by atoms with E-state index in [1.165, 1.54) is 0 Å². The third kappa shape index (κ3) is 2.45. The van der Waals surface area contributed by atoms with Crippen LogP contribution in [0.2, 0.25) is 0 Å². The lowest BCUT2D eigenvalue weighted by molar-refractivity contribution is -0.139. The van der Waals surface area contributed by atoms with Gasteiger partial charge in [0.25, 0.3) is 0 Å². The molecular formula is C13H16N2O3. The zero-order chi connectivity index (χ0) is 13.3. The molecule has 1 heterocycles. The van der Waals surface area contributed by atoms with Crippen LogP contribution >= 0.6 is 0 Å². The standard InChI is InChI=1S/C13H16N2O3/c1-8-3-9(2)5-10(4-8)15-7-12(16)14-6-11(15)13(17)18/h3-5,11H,6-7H2,1-2H3,(H,14,16)(H,17,18). The Morgan fingerprint density at radius 3 is 2.50 bits per heavy atom. The van der Waals surface area contributed by atoms with Crippen molar-refractivity contribution in [2.24, 2.45) is 0 Å². The van der Waals surface area contributed by atoms with Crippen LogP contribution < -0.4 is 10.2 Å². The maximum absolute atomic E-state index is 11.4. The molecule has 2 N–H and O–H groups in total. The number of carbonyl (C=O) groups is 2. The van der Waals surface area contributed by atoms with Crippen molar-refractivity contribution in [1.29, 1.82) is 0 Å². The van der Waals surface area contributed by atoms with E-state index in [-0.39, 0.29) is 19.0 Å². The van der Waals surface area contributed by atoms with Crippen molar-refractivity contribution >= 4 is 17.6 Å². The Balaban J connectivity index is 2.37. The van der Waals surface area contributed by atoms with Crippen molar-refractivity contribution in [3.8, 4) is 0 Å². The Kier molecular flexibility index (Phi) is 3.23. The Labute approximate surface area is 105 Å². The summed E-state index contributed by atoms with van der Waals surface area (Å²) in [5.74, 6) is -1.07. The number of benzene rings is 1. The van der Waals surface area contributed by atoms with E-state index in [0.717, 1.165) is 16.8 Å². The number of carboxylic acid groups (broad SMARTS) is 1. The Morgan fingerprint density at radius 2 is 1.94 bits per heavy atom. The summed E-state index contributed by atoms with van der Waals surface area (Å²) in [5.41, 5.74) is 2.90. The number of carboxylic acids is 1. The van der Waals surface area contributed by atoms with Crippen LogP contribution in [0.3, 0.4) is 0 Å². The van der Waals surface area contributed by atoms with Crippen LogP contribution in [0.15, 0.2) is 18.2 Å². The molecule has 96 valence electrons. The minimum absolute atomic E-state index is 0.0832. The van der Waals surface area contributed by atoms with Crippen molar-refractivity contribution in [2.75, 3.05) is 18.0 Å². The molecule has 0 saturated carbocycles. The van der Waals surface area contributed by atoms with Gasteiger partial charge in [0.05, 0.1) is 6.54 Å². The Morgan fingerprint density at radius 1 is 1.33 bits per heavy atom. The lowest BCUT2D eigenvalue weighted by Crippen LogP contribution is -2.57. The van der Waals surface area contributed by atoms with Gasteiger partial charge in [0, 0.05) is 12.2 Å². The summed E-state index contributed by atoms with van der Waals surface area (Å²) in [6.07, 6.45) is 0. The summed E-state index contributed by atoms with van der Waals surface area (Å²) in [7, 11) is 0. The zero-order valence-electron chi connectivity index (χ0n) is 10.4. The molecule has 1 aromatic carbocycles. The van der Waals surface area contributed by atoms with E-state index in [0.29, 0.717) is 0 Å². The molecule has 1 aliphatic heterocycles. The van der Waals surface area contributed by atoms with Gasteiger partial charge in [0.2, 0.25) is 5.91 Å². The van der Waals surface area contributed by atoms with Crippen LogP contribution in [-0.2, 0) is 9.59 Å². The summed E-state index contributed by atoms with van der Waals surface area (Å²) >= 11 is 0. The fourth-order valence-electron chi connectivity index (χ4n) is 2.25. The first-order valence-corrected chi connectivity index (χ1v) is 5.82. The van der Waals surface area contributed by atoms with E-state index in [9.17, 15) is 14.7 Å². The molecule has 5 nitrogen and oxygen atoms in total. The van der Waals surface area contributed by atoms with Crippen LogP contribution in [0, 0.1) is 13.8 Å². The molecule has 0 aliphatic carbocycles. The number of hydrogen-bond acceptors (Lipinski definition) is 3. The van der Waals surface area contributed by atoms with Crippen LogP contribution in [0.5, 0.6) is 0 Å². The fourth-order valence-corrected chi connectivity index (χ4v) is 2.25. The van der Waals surface area contributed by atoms with Crippen molar-refractivity contribution < 1.29 is 14.7 Å². The fraction of sp³-hybridized carbons (Fsp3) is 0.385. The number of aryl methyl sites for hydroxylation is 2. The third-order valence-corrected chi connectivity index (χ3v) is 3.01. The average molecular weight is 248 g/mol. The van der Waals surface area contributed by atoms with Crippen LogP contribution in [0.1, 0.15) is 11.1 Å². The van der Waals surface area contributed by atoms with Crippen molar-refractivity contribution in [1.82, 2.24) is 5.32 Å². The number of anilines is 1. The van der Waals surface area contributed by atoms with Crippen molar-refractivity contribution in [3.63, 3.8) is 0 Å². The Bertz CT molecular complexity index is 479. The second-order valence-corrected chi connectivity index (χ2v) is 4.63. The zero-order valence-corrected chi connectivity index (χ0v) is 10.4. The second-order valence-electron chi connectivity index (χ2n) is 4.63. The number of nitrogens with zero attached hydrogens (tertiary/aromatic N) is 1. The molecule has 1 aliphatic rings. The molecule has 1 unspecified atom stereocenters. The van der Waals surface area contributed by atoms with Gasteiger partial charge in [-0.05, 0) is 37.1 Å². The predicted molar refractivity (Wildman–Crippen MR) is 67.7 cm³/mol. The second kappa shape index (κ2) is 4.68. The average Bonchev–Trinajstić information content (AvgIpc) is 2.27. The molecular weight excluding hydrogens is 232 g/mol. The molecule has 1 saturated heterocycles. The van der Waals surface area contributed by atoms with Gasteiger partial charge in [0.15, 0.2) is 0 Å². The molecule has 2 rings (SSSR count). The molecule has 1 atom stereocenters. The number of nitrogens with one attached hydrogen (secondary N) is 1. The molecule has 1 amide bonds. The molecule has 0 aromatic heterocycles. The molecule has 5 heteroatoms. The number of amides is 1. The molecule has 0 spiro atoms. The van der Waals surface area contributed by atoms with E-state index in [4.69, 9.17) is 0 Å². The van der Waals surface area contributed by atoms with Crippen LogP contribution in [-0.4, -0.2) is 36.1 Å². The topological polar surface area (TPSA) is 69.6 Å². The van der Waals surface area contributed by atoms with Gasteiger partial charge in [-0.1, -0.05) is 6.07 Å². The summed E-state index contributed by atoms with van der Waals surface area (Å²) in [6.45, 7) is 4.13. The predicted octanol–water partition coefficient (Wildman–Crippen LogP) is 0.693. The normalized spacial score (nSPS) is 19.6. The van der Waals surface area contributed by atoms with Gasteiger partial charge in [-0.25, -0.2) is 4.79 Å². The number of aliphatic carboxylic acids is 1. The lowest BCUT2D eigenvalue weighted by Gasteiger charge is -2.34. The number of carbonyl (C=O) groups excluding carboxylic acids is 1. The first-order chi connectivity index (χ1) is 8.47. The summed E-state index contributed by atoms with van der Waals surface area (Å²) < 4.78 is 0. The molecule has 18 heavy (non-hydrogen) atoms. The highest BCUT2D eigenvalue weighted by atomic mass is 16.4. The lowest BCUT2D eigenvalue weighted by atomic mass is 10.1. The Hall–Kier alpha value is -2.04. The minimum atomic E-state index is -0.922. The largest absolute Gasteiger partial charge is 0.480 e. The highest BCUT2D eigenvalue weighted by Gasteiger charge is 2.32. The van der Waals surface area contributed by atoms with Crippen molar-refractivity contribution in [2.45, 2.75) is 19.9 Å². The van der Waals surface area contributed by atoms with E-state index >= 15 is 0 Å². The van der Waals surface area contributed by atoms with Gasteiger partial charge >= 0.3 is 5.97 Å². The van der Waals surface area contributed by atoms with E-state index < -0.39 is 12.0 Å². The minimum Gasteiger partial charge on any atom is -0.480 e. The molecule has 0 bridgehead atoms. The third-order valence-electron chi connectivity index (χ3n) is 3.01. The van der Waals surface area contributed by atoms with E-state index in [2.05, 4.69) is 5.32 Å². The summed E-state index contributed by atoms with van der Waals surface area (Å²) in [4.78, 5) is 24.3. The highest BCUT2D eigenvalue weighted by molar-refractivity contribution is 5.89. The van der Waals surface area contributed by atoms with Gasteiger partial charge in [-0.2, -0.15) is 0 Å². The van der Waals surface area contributed by atoms with Gasteiger partial charge in [-0.15, -0.1) is 0 Å². The number of hydrogen-bond donors (Lipinski definition) is 2. The molecule has 1 fully saturated rings. The number of rotatable bonds is 2. The maximum atomic E-state index is 11.4. The summed E-state index contributed by atoms with van der Waals surface area (Å²) in [6, 6.07) is 5.12. The van der Waals surface area contributed by atoms with Gasteiger partial charge < -0.3 is 15.3 Å². The van der Waals surface area contributed by atoms with Crippen LogP contribution in [0.25, 0.3) is 0 Å². The van der Waals surface area contributed by atoms with E-state index in [1.54, 1.807) is 4.90 Å². The van der Waals surface area contributed by atoms with E-state index in [1.807, 2.05) is 32.0 Å². The SMILES string of the molecule is Cc1cc(C)cc(N2CC(=O)NCC2C(=O)O)c1. The molecule has 1 aromatic rings. The van der Waals surface area contributed by atoms with Crippen LogP contribution in [0.4, 0.5) is 5.69 Å². The van der Waals surface area contributed by atoms with Gasteiger partial charge in [-0.3, -0.25) is 4.79 Å². The first kappa shape index (κ1) is 12.4. The molecule has 0 radical (unpaired) electrons. The van der Waals surface area contributed by atoms with Crippen molar-refractivity contribution in [3.05, 3.63) is 29.3 Å². The summed E-state index contributed by atoms with van der Waals surface area (Å²) in [5, 5.41) is 11.8. The first-order valence-electron chi connectivity index (χ1n) is 5.82. The quantitative estimate of drug-likeness (QED) is 0.808. The smallest absolute Gasteiger partial charge is 0.328 e. The monoisotopic (exact) mass is 248 g/mol. The van der Waals surface area contributed by atoms with Gasteiger partial charge in [0.1, 0.15) is 6.04 Å². The highest BCUT2D eigenvalue weighted by Crippen LogP contribution is 2.22. The number of piperazine rings is 1. The maximum Gasteiger partial charge on any atom is 0.328 e.